The molecule has 5 rings (SSSR count). The maximum atomic E-state index is 13.9. The van der Waals surface area contributed by atoms with E-state index in [4.69, 9.17) is 16.3 Å². The van der Waals surface area contributed by atoms with Crippen molar-refractivity contribution in [2.75, 3.05) is 11.4 Å². The van der Waals surface area contributed by atoms with Crippen molar-refractivity contribution in [3.05, 3.63) is 84.3 Å². The quantitative estimate of drug-likeness (QED) is 0.316. The Hall–Kier alpha value is -3.45. The molecule has 0 unspecified atom stereocenters. The zero-order valence-corrected chi connectivity index (χ0v) is 17.8. The van der Waals surface area contributed by atoms with E-state index in [0.29, 0.717) is 16.8 Å². The summed E-state index contributed by atoms with van der Waals surface area (Å²) in [6, 6.07) is 13.1. The van der Waals surface area contributed by atoms with Crippen molar-refractivity contribution in [2.45, 2.75) is 18.9 Å². The molecule has 0 fully saturated rings. The predicted molar refractivity (Wildman–Crippen MR) is 121 cm³/mol. The number of hydrogen-bond acceptors (Lipinski definition) is 4. The van der Waals surface area contributed by atoms with Crippen molar-refractivity contribution in [2.24, 2.45) is 0 Å². The Balaban J connectivity index is 1.46. The summed E-state index contributed by atoms with van der Waals surface area (Å²) in [5.74, 6) is -1.67. The van der Waals surface area contributed by atoms with Gasteiger partial charge in [-0.3, -0.25) is 0 Å². The minimum absolute atomic E-state index is 0.196. The van der Waals surface area contributed by atoms with Crippen molar-refractivity contribution >= 4 is 34.1 Å². The largest absolute Gasteiger partial charge is 0.456 e. The molecule has 1 aliphatic rings. The minimum Gasteiger partial charge on any atom is -0.456 e. The standard InChI is InChI=1S/C24H19ClF2N4O/c1-2-24(26,27)16-5-3-6-18(13-16)32-21-8-7-17(14-19(21)25)31-11-4-10-30-12-9-20-22(30)23(31)29-15-28-20/h2-3,5-9,12-15H,1,4,10-11H2. The third kappa shape index (κ3) is 3.58. The van der Waals surface area contributed by atoms with Crippen molar-refractivity contribution in [3.8, 4) is 11.5 Å². The summed E-state index contributed by atoms with van der Waals surface area (Å²) >= 11 is 6.52. The number of aromatic nitrogens is 3. The van der Waals surface area contributed by atoms with Gasteiger partial charge in [-0.1, -0.05) is 30.3 Å². The van der Waals surface area contributed by atoms with Crippen molar-refractivity contribution in [1.29, 1.82) is 0 Å². The first-order valence-corrected chi connectivity index (χ1v) is 10.5. The summed E-state index contributed by atoms with van der Waals surface area (Å²) in [7, 11) is 0. The number of rotatable bonds is 5. The topological polar surface area (TPSA) is 43.2 Å². The Morgan fingerprint density at radius 3 is 2.78 bits per heavy atom. The smallest absolute Gasteiger partial charge is 0.291 e. The lowest BCUT2D eigenvalue weighted by molar-refractivity contribution is 0.0523. The monoisotopic (exact) mass is 452 g/mol. The van der Waals surface area contributed by atoms with Crippen LogP contribution in [0.5, 0.6) is 11.5 Å². The summed E-state index contributed by atoms with van der Waals surface area (Å²) in [6.07, 6.45) is 5.13. The normalized spacial score (nSPS) is 13.8. The average molecular weight is 453 g/mol. The second-order valence-electron chi connectivity index (χ2n) is 7.52. The van der Waals surface area contributed by atoms with Gasteiger partial charge in [-0.15, -0.1) is 0 Å². The Morgan fingerprint density at radius 2 is 1.97 bits per heavy atom. The van der Waals surface area contributed by atoms with Crippen LogP contribution in [-0.2, 0) is 12.5 Å². The van der Waals surface area contributed by atoms with E-state index in [-0.39, 0.29) is 11.3 Å². The summed E-state index contributed by atoms with van der Waals surface area (Å²) in [6.45, 7) is 4.84. The fourth-order valence-corrected chi connectivity index (χ4v) is 4.12. The molecule has 1 aliphatic heterocycles. The molecular formula is C24H19ClF2N4O. The number of allylic oxidation sites excluding steroid dienone is 1. The van der Waals surface area contributed by atoms with Crippen molar-refractivity contribution < 1.29 is 13.5 Å². The van der Waals surface area contributed by atoms with E-state index in [9.17, 15) is 8.78 Å². The highest BCUT2D eigenvalue weighted by molar-refractivity contribution is 6.32. The minimum atomic E-state index is -3.14. The zero-order chi connectivity index (χ0) is 22.3. The number of halogens is 3. The summed E-state index contributed by atoms with van der Waals surface area (Å²) < 4.78 is 35.8. The lowest BCUT2D eigenvalue weighted by atomic mass is 10.1. The molecule has 0 saturated heterocycles. The lowest BCUT2D eigenvalue weighted by Crippen LogP contribution is -2.19. The number of aryl methyl sites for hydroxylation is 1. The summed E-state index contributed by atoms with van der Waals surface area (Å²) in [5, 5.41) is 0.369. The van der Waals surface area contributed by atoms with Gasteiger partial charge in [0.15, 0.2) is 5.82 Å². The van der Waals surface area contributed by atoms with Crippen LogP contribution in [0.2, 0.25) is 5.02 Å². The van der Waals surface area contributed by atoms with Gasteiger partial charge in [-0.05, 0) is 48.9 Å². The highest BCUT2D eigenvalue weighted by Crippen LogP contribution is 2.38. The number of alkyl halides is 2. The van der Waals surface area contributed by atoms with Crippen LogP contribution in [0.4, 0.5) is 20.3 Å². The van der Waals surface area contributed by atoms with E-state index in [1.807, 2.05) is 18.3 Å². The Kier molecular flexibility index (Phi) is 5.06. The maximum Gasteiger partial charge on any atom is 0.291 e. The summed E-state index contributed by atoms with van der Waals surface area (Å²) in [5.41, 5.74) is 2.55. The molecule has 0 atom stereocenters. The van der Waals surface area contributed by atoms with Gasteiger partial charge in [-0.25, -0.2) is 9.97 Å². The highest BCUT2D eigenvalue weighted by atomic mass is 35.5. The molecule has 32 heavy (non-hydrogen) atoms. The number of ether oxygens (including phenoxy) is 1. The molecular weight excluding hydrogens is 434 g/mol. The van der Waals surface area contributed by atoms with E-state index < -0.39 is 5.92 Å². The van der Waals surface area contributed by atoms with E-state index in [0.717, 1.165) is 42.0 Å². The van der Waals surface area contributed by atoms with Crippen LogP contribution in [0, 0.1) is 0 Å². The van der Waals surface area contributed by atoms with E-state index >= 15 is 0 Å². The fourth-order valence-electron chi connectivity index (χ4n) is 3.91. The molecule has 0 bridgehead atoms. The molecule has 0 aliphatic carbocycles. The third-order valence-corrected chi connectivity index (χ3v) is 5.79. The van der Waals surface area contributed by atoms with Gasteiger partial charge in [0.25, 0.3) is 5.92 Å². The molecule has 0 N–H and O–H groups in total. The SMILES string of the molecule is C=CC(F)(F)c1cccc(Oc2ccc(N3CCCn4ccc5ncnc3c54)cc2Cl)c1. The second kappa shape index (κ2) is 7.91. The molecule has 0 saturated carbocycles. The fraction of sp³-hybridized carbons (Fsp3) is 0.167. The molecule has 0 radical (unpaired) electrons. The van der Waals surface area contributed by atoms with Crippen molar-refractivity contribution in [3.63, 3.8) is 0 Å². The highest BCUT2D eigenvalue weighted by Gasteiger charge is 2.27. The molecule has 162 valence electrons. The second-order valence-corrected chi connectivity index (χ2v) is 7.92. The van der Waals surface area contributed by atoms with Crippen LogP contribution < -0.4 is 9.64 Å². The molecule has 0 spiro atoms. The molecule has 4 aromatic rings. The van der Waals surface area contributed by atoms with Gasteiger partial charge < -0.3 is 14.2 Å². The maximum absolute atomic E-state index is 13.9. The number of anilines is 2. The molecule has 5 nitrogen and oxygen atoms in total. The predicted octanol–water partition coefficient (Wildman–Crippen LogP) is 6.70. The van der Waals surface area contributed by atoms with Gasteiger partial charge in [0.1, 0.15) is 23.3 Å². The van der Waals surface area contributed by atoms with Gasteiger partial charge in [0, 0.05) is 30.5 Å². The number of nitrogens with zero attached hydrogens (tertiary/aromatic N) is 4. The van der Waals surface area contributed by atoms with E-state index in [1.54, 1.807) is 24.5 Å². The lowest BCUT2D eigenvalue weighted by Gasteiger charge is -2.23. The van der Waals surface area contributed by atoms with Gasteiger partial charge >= 0.3 is 0 Å². The van der Waals surface area contributed by atoms with Crippen LogP contribution in [-0.4, -0.2) is 21.1 Å². The van der Waals surface area contributed by atoms with Crippen LogP contribution in [0.3, 0.4) is 0 Å². The van der Waals surface area contributed by atoms with E-state index in [1.165, 1.54) is 18.2 Å². The Bertz CT molecular complexity index is 1320. The zero-order valence-electron chi connectivity index (χ0n) is 17.0. The number of hydrogen-bond donors (Lipinski definition) is 0. The van der Waals surface area contributed by atoms with Crippen LogP contribution in [0.25, 0.3) is 11.0 Å². The van der Waals surface area contributed by atoms with E-state index in [2.05, 4.69) is 26.0 Å². The first kappa shape index (κ1) is 20.5. The molecule has 3 heterocycles. The Labute approximate surface area is 188 Å². The first-order chi connectivity index (χ1) is 15.5. The molecule has 8 heteroatoms. The van der Waals surface area contributed by atoms with Gasteiger partial charge in [0.2, 0.25) is 0 Å². The van der Waals surface area contributed by atoms with Gasteiger partial charge in [0.05, 0.1) is 10.5 Å². The Morgan fingerprint density at radius 1 is 1.09 bits per heavy atom. The average Bonchev–Trinajstić information content (AvgIpc) is 3.12. The third-order valence-electron chi connectivity index (χ3n) is 5.50. The summed E-state index contributed by atoms with van der Waals surface area (Å²) in [4.78, 5) is 11.0. The van der Waals surface area contributed by atoms with Crippen LogP contribution in [0.1, 0.15) is 12.0 Å². The molecule has 2 aromatic carbocycles. The number of benzene rings is 2. The van der Waals surface area contributed by atoms with Gasteiger partial charge in [-0.2, -0.15) is 8.78 Å². The van der Waals surface area contributed by atoms with Crippen LogP contribution >= 0.6 is 11.6 Å². The first-order valence-electron chi connectivity index (χ1n) is 10.1. The molecule has 0 amide bonds. The molecule has 2 aromatic heterocycles. The van der Waals surface area contributed by atoms with Crippen molar-refractivity contribution in [1.82, 2.24) is 14.5 Å². The van der Waals surface area contributed by atoms with Crippen LogP contribution in [0.15, 0.2) is 73.7 Å².